The van der Waals surface area contributed by atoms with Crippen molar-refractivity contribution in [3.8, 4) is 0 Å². The summed E-state index contributed by atoms with van der Waals surface area (Å²) in [7, 11) is 5.92. The van der Waals surface area contributed by atoms with E-state index in [1.54, 1.807) is 7.05 Å². The van der Waals surface area contributed by atoms with Crippen LogP contribution in [-0.2, 0) is 20.1 Å². The summed E-state index contributed by atoms with van der Waals surface area (Å²) in [4.78, 5) is 13.7. The predicted octanol–water partition coefficient (Wildman–Crippen LogP) is 1.67. The topological polar surface area (TPSA) is 73.6 Å². The van der Waals surface area contributed by atoms with Crippen molar-refractivity contribution in [3.63, 3.8) is 0 Å². The van der Waals surface area contributed by atoms with Gasteiger partial charge in [0.1, 0.15) is 5.82 Å². The maximum atomic E-state index is 4.65. The molecule has 0 bridgehead atoms. The Labute approximate surface area is 190 Å². The van der Waals surface area contributed by atoms with E-state index in [0.717, 1.165) is 49.2 Å². The normalized spacial score (nSPS) is 15.2. The zero-order valence-corrected chi connectivity index (χ0v) is 20.4. The maximum Gasteiger partial charge on any atom is 0.191 e. The van der Waals surface area contributed by atoms with Crippen LogP contribution in [0.3, 0.4) is 0 Å². The number of nitrogens with one attached hydrogen (secondary N) is 2. The molecular weight excluding hydrogens is 479 g/mol. The minimum Gasteiger partial charge on any atom is -0.354 e. The lowest BCUT2D eigenvalue weighted by atomic mass is 10.2. The zero-order chi connectivity index (χ0) is 20.1. The number of piperazine rings is 1. The van der Waals surface area contributed by atoms with Gasteiger partial charge in [-0.3, -0.25) is 9.67 Å². The molecule has 0 amide bonds. The molecule has 8 nitrogen and oxygen atoms in total. The highest BCUT2D eigenvalue weighted by molar-refractivity contribution is 14.0. The van der Waals surface area contributed by atoms with Crippen molar-refractivity contribution in [2.75, 3.05) is 45.2 Å². The van der Waals surface area contributed by atoms with Gasteiger partial charge in [0.05, 0.1) is 5.69 Å². The van der Waals surface area contributed by atoms with Crippen molar-refractivity contribution in [1.29, 1.82) is 0 Å². The van der Waals surface area contributed by atoms with Crippen molar-refractivity contribution >= 4 is 35.8 Å². The number of rotatable bonds is 5. The molecule has 29 heavy (non-hydrogen) atoms. The third-order valence-electron chi connectivity index (χ3n) is 5.41. The Bertz CT molecular complexity index is 807. The maximum absolute atomic E-state index is 4.65. The third kappa shape index (κ3) is 6.05. The Hall–Kier alpha value is -1.88. The average molecular weight is 512 g/mol. The van der Waals surface area contributed by atoms with E-state index in [-0.39, 0.29) is 24.0 Å². The number of pyridine rings is 1. The number of hydrogen-bond acceptors (Lipinski definition) is 5. The summed E-state index contributed by atoms with van der Waals surface area (Å²) in [6.07, 6.45) is 1.95. The molecule has 3 rings (SSSR count). The third-order valence-corrected chi connectivity index (χ3v) is 5.41. The van der Waals surface area contributed by atoms with Crippen molar-refractivity contribution in [3.05, 3.63) is 40.8 Å². The monoisotopic (exact) mass is 512 g/mol. The lowest BCUT2D eigenvalue weighted by molar-refractivity contribution is 0.312. The van der Waals surface area contributed by atoms with Gasteiger partial charge in [0.2, 0.25) is 0 Å². The van der Waals surface area contributed by atoms with E-state index < -0.39 is 0 Å². The number of aryl methyl sites for hydroxylation is 2. The first-order chi connectivity index (χ1) is 13.5. The summed E-state index contributed by atoms with van der Waals surface area (Å²) in [6, 6.07) is 4.25. The molecular formula is C20H33IN8. The van der Waals surface area contributed by atoms with Gasteiger partial charge >= 0.3 is 0 Å². The molecule has 160 valence electrons. The number of guanidine groups is 1. The van der Waals surface area contributed by atoms with E-state index in [1.807, 2.05) is 24.9 Å². The fourth-order valence-electron chi connectivity index (χ4n) is 3.40. The van der Waals surface area contributed by atoms with E-state index in [2.05, 4.69) is 61.6 Å². The molecule has 0 saturated carbocycles. The highest BCUT2D eigenvalue weighted by atomic mass is 127. The van der Waals surface area contributed by atoms with E-state index in [0.29, 0.717) is 13.1 Å². The summed E-state index contributed by atoms with van der Waals surface area (Å²) in [5.41, 5.74) is 4.56. The number of aromatic nitrogens is 3. The minimum absolute atomic E-state index is 0. The number of anilines is 1. The number of likely N-dealkylation sites (N-methyl/N-ethyl adjacent to an activating group) is 1. The fraction of sp³-hybridized carbons (Fsp3) is 0.550. The molecule has 3 heterocycles. The van der Waals surface area contributed by atoms with Crippen LogP contribution in [0.15, 0.2) is 23.3 Å². The second-order valence-electron chi connectivity index (χ2n) is 7.37. The molecule has 0 spiro atoms. The second kappa shape index (κ2) is 10.8. The van der Waals surface area contributed by atoms with Crippen LogP contribution >= 0.6 is 24.0 Å². The van der Waals surface area contributed by atoms with Gasteiger partial charge < -0.3 is 20.4 Å². The van der Waals surface area contributed by atoms with Crippen molar-refractivity contribution < 1.29 is 0 Å². The average Bonchev–Trinajstić information content (AvgIpc) is 2.95. The van der Waals surface area contributed by atoms with E-state index in [1.165, 1.54) is 11.3 Å². The zero-order valence-electron chi connectivity index (χ0n) is 18.1. The number of hydrogen-bond donors (Lipinski definition) is 2. The largest absolute Gasteiger partial charge is 0.354 e. The van der Waals surface area contributed by atoms with Gasteiger partial charge in [-0.25, -0.2) is 4.98 Å². The highest BCUT2D eigenvalue weighted by Gasteiger charge is 2.15. The van der Waals surface area contributed by atoms with Gasteiger partial charge in [0, 0.05) is 70.8 Å². The molecule has 0 aliphatic carbocycles. The SMILES string of the molecule is CN=C(NCc1ccc(N2CCN(C)CC2)nc1)NCc1c(C)nn(C)c1C.I. The molecule has 0 aromatic carbocycles. The molecule has 9 heteroatoms. The Kier molecular flexibility index (Phi) is 8.69. The number of halogens is 1. The molecule has 0 atom stereocenters. The molecule has 2 aromatic heterocycles. The Balaban J connectivity index is 0.00000300. The van der Waals surface area contributed by atoms with Crippen LogP contribution in [0, 0.1) is 13.8 Å². The first-order valence-corrected chi connectivity index (χ1v) is 9.80. The highest BCUT2D eigenvalue weighted by Crippen LogP contribution is 2.14. The molecule has 0 unspecified atom stereocenters. The van der Waals surface area contributed by atoms with E-state index >= 15 is 0 Å². The molecule has 1 aliphatic rings. The van der Waals surface area contributed by atoms with Crippen LogP contribution in [0.1, 0.15) is 22.5 Å². The summed E-state index contributed by atoms with van der Waals surface area (Å²) >= 11 is 0. The Morgan fingerprint density at radius 3 is 2.31 bits per heavy atom. The molecule has 2 N–H and O–H groups in total. The molecule has 1 fully saturated rings. The van der Waals surface area contributed by atoms with Crippen molar-refractivity contribution in [2.45, 2.75) is 26.9 Å². The van der Waals surface area contributed by atoms with Gasteiger partial charge in [-0.2, -0.15) is 5.10 Å². The number of nitrogens with zero attached hydrogens (tertiary/aromatic N) is 6. The lowest BCUT2D eigenvalue weighted by Crippen LogP contribution is -2.44. The van der Waals surface area contributed by atoms with Crippen LogP contribution < -0.4 is 15.5 Å². The van der Waals surface area contributed by atoms with Crippen LogP contribution in [0.25, 0.3) is 0 Å². The Morgan fingerprint density at radius 1 is 1.07 bits per heavy atom. The second-order valence-corrected chi connectivity index (χ2v) is 7.37. The standard InChI is InChI=1S/C20H32N8.HI/c1-15-18(16(2)27(5)25-15)14-24-20(21-3)23-13-17-6-7-19(22-12-17)28-10-8-26(4)9-11-28;/h6-7,12H,8-11,13-14H2,1-5H3,(H2,21,23,24);1H. The number of aliphatic imine (C=N–C) groups is 1. The van der Waals surface area contributed by atoms with Gasteiger partial charge in [-0.05, 0) is 32.5 Å². The first-order valence-electron chi connectivity index (χ1n) is 9.80. The summed E-state index contributed by atoms with van der Waals surface area (Å²) in [5.74, 6) is 1.83. The molecule has 0 radical (unpaired) electrons. The van der Waals surface area contributed by atoms with Crippen LogP contribution in [0.4, 0.5) is 5.82 Å². The van der Waals surface area contributed by atoms with E-state index in [4.69, 9.17) is 0 Å². The van der Waals surface area contributed by atoms with Crippen LogP contribution in [0.2, 0.25) is 0 Å². The van der Waals surface area contributed by atoms with Crippen molar-refractivity contribution in [2.24, 2.45) is 12.0 Å². The quantitative estimate of drug-likeness (QED) is 0.361. The van der Waals surface area contributed by atoms with Gasteiger partial charge in [-0.15, -0.1) is 24.0 Å². The van der Waals surface area contributed by atoms with Gasteiger partial charge in [0.15, 0.2) is 5.96 Å². The smallest absolute Gasteiger partial charge is 0.191 e. The van der Waals surface area contributed by atoms with Crippen molar-refractivity contribution in [1.82, 2.24) is 30.3 Å². The summed E-state index contributed by atoms with van der Waals surface area (Å²) in [5, 5.41) is 11.2. The van der Waals surface area contributed by atoms with Gasteiger partial charge in [-0.1, -0.05) is 6.07 Å². The first kappa shape index (κ1) is 23.4. The molecule has 1 aliphatic heterocycles. The molecule has 2 aromatic rings. The lowest BCUT2D eigenvalue weighted by Gasteiger charge is -2.33. The van der Waals surface area contributed by atoms with Crippen LogP contribution in [0.5, 0.6) is 0 Å². The van der Waals surface area contributed by atoms with E-state index in [9.17, 15) is 0 Å². The minimum atomic E-state index is 0. The fourth-order valence-corrected chi connectivity index (χ4v) is 3.40. The molecule has 1 saturated heterocycles. The van der Waals surface area contributed by atoms with Crippen LogP contribution in [-0.4, -0.2) is 65.9 Å². The van der Waals surface area contributed by atoms with Gasteiger partial charge in [0.25, 0.3) is 0 Å². The Morgan fingerprint density at radius 2 is 1.76 bits per heavy atom. The summed E-state index contributed by atoms with van der Waals surface area (Å²) < 4.78 is 1.91. The predicted molar refractivity (Wildman–Crippen MR) is 129 cm³/mol. The summed E-state index contributed by atoms with van der Waals surface area (Å²) in [6.45, 7) is 9.74.